The molecule has 0 aliphatic carbocycles. The van der Waals surface area contributed by atoms with E-state index in [-0.39, 0.29) is 11.9 Å². The minimum Gasteiger partial charge on any atom is -0.352 e. The molecule has 0 saturated carbocycles. The lowest BCUT2D eigenvalue weighted by Crippen LogP contribution is -2.34. The molecule has 1 aromatic rings. The molecule has 0 spiro atoms. The fourth-order valence-corrected chi connectivity index (χ4v) is 2.20. The fraction of sp³-hybridized carbons (Fsp3) is 0.562. The van der Waals surface area contributed by atoms with Gasteiger partial charge in [0.15, 0.2) is 0 Å². The standard InChI is InChI=1S/C16H24ClNO/c1-12(2)8-7-9-13(3)18-16(19)15(17)14-10-5-4-6-11-14/h4-6,10-13,15H,7-9H2,1-3H3,(H,18,19). The molecule has 106 valence electrons. The summed E-state index contributed by atoms with van der Waals surface area (Å²) in [6.45, 7) is 6.47. The highest BCUT2D eigenvalue weighted by molar-refractivity contribution is 6.30. The Labute approximate surface area is 121 Å². The second-order valence-electron chi connectivity index (χ2n) is 5.51. The molecular formula is C16H24ClNO. The summed E-state index contributed by atoms with van der Waals surface area (Å²) in [6.07, 6.45) is 3.34. The van der Waals surface area contributed by atoms with E-state index in [0.717, 1.165) is 18.4 Å². The zero-order valence-corrected chi connectivity index (χ0v) is 12.8. The third kappa shape index (κ3) is 6.11. The van der Waals surface area contributed by atoms with E-state index in [9.17, 15) is 4.79 Å². The Hall–Kier alpha value is -1.02. The molecule has 0 aromatic heterocycles. The fourth-order valence-electron chi connectivity index (χ4n) is 1.99. The van der Waals surface area contributed by atoms with Gasteiger partial charge in [0.2, 0.25) is 5.91 Å². The summed E-state index contributed by atoms with van der Waals surface area (Å²) in [7, 11) is 0. The summed E-state index contributed by atoms with van der Waals surface area (Å²) in [4.78, 5) is 12.0. The maximum absolute atomic E-state index is 12.0. The summed E-state index contributed by atoms with van der Waals surface area (Å²) < 4.78 is 0. The van der Waals surface area contributed by atoms with Crippen LogP contribution in [0.3, 0.4) is 0 Å². The molecule has 3 heteroatoms. The van der Waals surface area contributed by atoms with Gasteiger partial charge in [-0.15, -0.1) is 11.6 Å². The van der Waals surface area contributed by atoms with Crippen LogP contribution in [0.15, 0.2) is 30.3 Å². The number of amides is 1. The molecule has 0 bridgehead atoms. The van der Waals surface area contributed by atoms with Crippen molar-refractivity contribution in [1.29, 1.82) is 0 Å². The molecule has 2 atom stereocenters. The molecule has 0 heterocycles. The van der Waals surface area contributed by atoms with E-state index in [2.05, 4.69) is 19.2 Å². The number of carbonyl (C=O) groups is 1. The molecule has 0 saturated heterocycles. The van der Waals surface area contributed by atoms with Gasteiger partial charge in [0.1, 0.15) is 5.38 Å². The van der Waals surface area contributed by atoms with E-state index in [1.807, 2.05) is 37.3 Å². The highest BCUT2D eigenvalue weighted by Crippen LogP contribution is 2.20. The number of rotatable bonds is 7. The van der Waals surface area contributed by atoms with Crippen LogP contribution in [0.1, 0.15) is 51.0 Å². The molecule has 0 aliphatic rings. The Morgan fingerprint density at radius 1 is 1.16 bits per heavy atom. The van der Waals surface area contributed by atoms with Crippen molar-refractivity contribution in [3.05, 3.63) is 35.9 Å². The molecule has 0 aliphatic heterocycles. The highest BCUT2D eigenvalue weighted by Gasteiger charge is 2.18. The van der Waals surface area contributed by atoms with Gasteiger partial charge in [0.05, 0.1) is 0 Å². The number of nitrogens with one attached hydrogen (secondary N) is 1. The van der Waals surface area contributed by atoms with Gasteiger partial charge in [-0.1, -0.05) is 57.0 Å². The largest absolute Gasteiger partial charge is 0.352 e. The molecule has 1 N–H and O–H groups in total. The average molecular weight is 282 g/mol. The first-order valence-electron chi connectivity index (χ1n) is 7.00. The highest BCUT2D eigenvalue weighted by atomic mass is 35.5. The first kappa shape index (κ1) is 16.0. The summed E-state index contributed by atoms with van der Waals surface area (Å²) in [5.74, 6) is 0.609. The van der Waals surface area contributed by atoms with Crippen LogP contribution in [0.2, 0.25) is 0 Å². The number of hydrogen-bond donors (Lipinski definition) is 1. The topological polar surface area (TPSA) is 29.1 Å². The van der Waals surface area contributed by atoms with Crippen molar-refractivity contribution in [1.82, 2.24) is 5.32 Å². The van der Waals surface area contributed by atoms with Gasteiger partial charge in [0.25, 0.3) is 0 Å². The smallest absolute Gasteiger partial charge is 0.242 e. The van der Waals surface area contributed by atoms with Crippen LogP contribution in [0.4, 0.5) is 0 Å². The summed E-state index contributed by atoms with van der Waals surface area (Å²) >= 11 is 6.17. The molecule has 1 rings (SSSR count). The quantitative estimate of drug-likeness (QED) is 0.742. The van der Waals surface area contributed by atoms with Crippen LogP contribution >= 0.6 is 11.6 Å². The van der Waals surface area contributed by atoms with Crippen molar-refractivity contribution >= 4 is 17.5 Å². The number of halogens is 1. The second-order valence-corrected chi connectivity index (χ2v) is 5.94. The lowest BCUT2D eigenvalue weighted by molar-refractivity contribution is -0.121. The Morgan fingerprint density at radius 2 is 1.79 bits per heavy atom. The monoisotopic (exact) mass is 281 g/mol. The van der Waals surface area contributed by atoms with Crippen molar-refractivity contribution in [2.24, 2.45) is 5.92 Å². The van der Waals surface area contributed by atoms with Gasteiger partial charge < -0.3 is 5.32 Å². The normalized spacial score (nSPS) is 14.2. The zero-order chi connectivity index (χ0) is 14.3. The third-order valence-corrected chi connectivity index (χ3v) is 3.58. The van der Waals surface area contributed by atoms with Crippen LogP contribution < -0.4 is 5.32 Å². The van der Waals surface area contributed by atoms with E-state index in [4.69, 9.17) is 11.6 Å². The molecule has 1 amide bonds. The molecule has 0 fully saturated rings. The van der Waals surface area contributed by atoms with Crippen LogP contribution in [-0.4, -0.2) is 11.9 Å². The predicted octanol–water partition coefficient (Wildman–Crippen LogP) is 4.30. The van der Waals surface area contributed by atoms with Gasteiger partial charge in [-0.3, -0.25) is 4.79 Å². The van der Waals surface area contributed by atoms with Crippen LogP contribution in [0.5, 0.6) is 0 Å². The minimum absolute atomic E-state index is 0.107. The first-order chi connectivity index (χ1) is 9.00. The predicted molar refractivity (Wildman–Crippen MR) is 81.3 cm³/mol. The molecule has 2 unspecified atom stereocenters. The van der Waals surface area contributed by atoms with Gasteiger partial charge in [-0.05, 0) is 24.8 Å². The van der Waals surface area contributed by atoms with E-state index >= 15 is 0 Å². The molecule has 1 aromatic carbocycles. The zero-order valence-electron chi connectivity index (χ0n) is 12.0. The van der Waals surface area contributed by atoms with Crippen molar-refractivity contribution in [2.45, 2.75) is 51.5 Å². The maximum atomic E-state index is 12.0. The Balaban J connectivity index is 2.37. The molecule has 19 heavy (non-hydrogen) atoms. The van der Waals surface area contributed by atoms with E-state index in [1.54, 1.807) is 0 Å². The molecule has 0 radical (unpaired) electrons. The van der Waals surface area contributed by atoms with Gasteiger partial charge in [0, 0.05) is 6.04 Å². The SMILES string of the molecule is CC(C)CCCC(C)NC(=O)C(Cl)c1ccccc1. The minimum atomic E-state index is -0.603. The van der Waals surface area contributed by atoms with Crippen molar-refractivity contribution < 1.29 is 4.79 Å². The first-order valence-corrected chi connectivity index (χ1v) is 7.43. The molecule has 2 nitrogen and oxygen atoms in total. The number of carbonyl (C=O) groups excluding carboxylic acids is 1. The second kappa shape index (κ2) is 8.21. The van der Waals surface area contributed by atoms with Crippen LogP contribution in [0, 0.1) is 5.92 Å². The van der Waals surface area contributed by atoms with E-state index < -0.39 is 5.38 Å². The van der Waals surface area contributed by atoms with E-state index in [1.165, 1.54) is 6.42 Å². The summed E-state index contributed by atoms with van der Waals surface area (Å²) in [5, 5.41) is 2.38. The average Bonchev–Trinajstić information content (AvgIpc) is 2.38. The number of benzene rings is 1. The third-order valence-electron chi connectivity index (χ3n) is 3.13. The van der Waals surface area contributed by atoms with Gasteiger partial charge in [-0.2, -0.15) is 0 Å². The number of hydrogen-bond acceptors (Lipinski definition) is 1. The van der Waals surface area contributed by atoms with Gasteiger partial charge >= 0.3 is 0 Å². The van der Waals surface area contributed by atoms with Crippen LogP contribution in [0.25, 0.3) is 0 Å². The Kier molecular flexibility index (Phi) is 6.93. The lowest BCUT2D eigenvalue weighted by atomic mass is 10.0. The van der Waals surface area contributed by atoms with E-state index in [0.29, 0.717) is 5.92 Å². The van der Waals surface area contributed by atoms with Gasteiger partial charge in [-0.25, -0.2) is 0 Å². The van der Waals surface area contributed by atoms with Crippen molar-refractivity contribution in [2.75, 3.05) is 0 Å². The van der Waals surface area contributed by atoms with Crippen molar-refractivity contribution in [3.8, 4) is 0 Å². The van der Waals surface area contributed by atoms with Crippen molar-refractivity contribution in [3.63, 3.8) is 0 Å². The Morgan fingerprint density at radius 3 is 2.37 bits per heavy atom. The van der Waals surface area contributed by atoms with Crippen LogP contribution in [-0.2, 0) is 4.79 Å². The Bertz CT molecular complexity index is 378. The summed E-state index contributed by atoms with van der Waals surface area (Å²) in [5.41, 5.74) is 0.844. The summed E-state index contributed by atoms with van der Waals surface area (Å²) in [6, 6.07) is 9.63. The maximum Gasteiger partial charge on any atom is 0.242 e. The molecular weight excluding hydrogens is 258 g/mol. The lowest BCUT2D eigenvalue weighted by Gasteiger charge is -2.17. The number of alkyl halides is 1.